The molecule has 4 nitrogen and oxygen atoms in total. The molecule has 1 N–H and O–H groups in total. The van der Waals surface area contributed by atoms with Gasteiger partial charge >= 0.3 is 0 Å². The number of benzene rings is 2. The molecule has 0 heterocycles. The van der Waals surface area contributed by atoms with Crippen LogP contribution in [0.3, 0.4) is 0 Å². The zero-order valence-electron chi connectivity index (χ0n) is 11.6. The lowest BCUT2D eigenvalue weighted by molar-refractivity contribution is -0.160. The molecule has 116 valence electrons. The summed E-state index contributed by atoms with van der Waals surface area (Å²) in [6.45, 7) is -0.0936. The maximum atomic E-state index is 13.9. The molecule has 22 heavy (non-hydrogen) atoms. The molecule has 0 aliphatic carbocycles. The molecule has 0 aliphatic rings. The van der Waals surface area contributed by atoms with Gasteiger partial charge in [-0.3, -0.25) is 4.79 Å². The maximum Gasteiger partial charge on any atom is 0.184 e. The molecule has 0 amide bonds. The summed E-state index contributed by atoms with van der Waals surface area (Å²) >= 11 is 0.842. The lowest BCUT2D eigenvalue weighted by Gasteiger charge is -2.07. The van der Waals surface area contributed by atoms with Crippen LogP contribution in [0.5, 0.6) is 0 Å². The van der Waals surface area contributed by atoms with Gasteiger partial charge in [0.25, 0.3) is 0 Å². The van der Waals surface area contributed by atoms with E-state index in [1.807, 2.05) is 0 Å². The third-order valence-electron chi connectivity index (χ3n) is 2.74. The van der Waals surface area contributed by atoms with Crippen molar-refractivity contribution in [2.24, 2.45) is 0 Å². The molecular weight excluding hydrogens is 312 g/mol. The Morgan fingerprint density at radius 1 is 1.18 bits per heavy atom. The highest BCUT2D eigenvalue weighted by Crippen LogP contribution is 2.22. The lowest BCUT2D eigenvalue weighted by Crippen LogP contribution is -2.15. The van der Waals surface area contributed by atoms with Crippen molar-refractivity contribution in [1.29, 1.82) is 0 Å². The van der Waals surface area contributed by atoms with Crippen LogP contribution in [0.4, 0.5) is 14.5 Å². The Kier molecular flexibility index (Phi) is 5.88. The van der Waals surface area contributed by atoms with Gasteiger partial charge in [0.2, 0.25) is 0 Å². The molecule has 2 rings (SSSR count). The van der Waals surface area contributed by atoms with Crippen molar-refractivity contribution in [1.82, 2.24) is 0 Å². The Morgan fingerprint density at radius 3 is 2.55 bits per heavy atom. The van der Waals surface area contributed by atoms with Gasteiger partial charge in [-0.15, -0.1) is 0 Å². The van der Waals surface area contributed by atoms with Gasteiger partial charge in [-0.2, -0.15) is 4.33 Å². The van der Waals surface area contributed by atoms with E-state index in [0.29, 0.717) is 10.6 Å². The molecule has 0 bridgehead atoms. The molecule has 0 unspecified atom stereocenters. The third-order valence-corrected chi connectivity index (χ3v) is 3.39. The van der Waals surface area contributed by atoms with Gasteiger partial charge in [0.1, 0.15) is 11.6 Å². The van der Waals surface area contributed by atoms with Crippen LogP contribution in [0.25, 0.3) is 0 Å². The van der Waals surface area contributed by atoms with E-state index in [1.165, 1.54) is 43.5 Å². The number of halogens is 2. The number of nitrogens with one attached hydrogen (secondary N) is 1. The molecule has 0 spiro atoms. The highest BCUT2D eigenvalue weighted by atomic mass is 32.2. The Hall–Kier alpha value is -1.96. The molecule has 0 saturated carbocycles. The molecule has 0 aliphatic heterocycles. The van der Waals surface area contributed by atoms with Crippen molar-refractivity contribution in [2.45, 2.75) is 4.90 Å². The topological polar surface area (TPSA) is 47.6 Å². The van der Waals surface area contributed by atoms with Crippen LogP contribution >= 0.6 is 12.0 Å². The normalized spacial score (nSPS) is 10.5. The molecule has 0 atom stereocenters. The Labute approximate surface area is 130 Å². The van der Waals surface area contributed by atoms with Crippen LogP contribution in [0.15, 0.2) is 47.4 Å². The van der Waals surface area contributed by atoms with Gasteiger partial charge in [0, 0.05) is 10.6 Å². The van der Waals surface area contributed by atoms with Crippen LogP contribution < -0.4 is 5.32 Å². The summed E-state index contributed by atoms with van der Waals surface area (Å²) in [5, 5.41) is 2.81. The highest BCUT2D eigenvalue weighted by molar-refractivity contribution is 7.94. The van der Waals surface area contributed by atoms with Crippen molar-refractivity contribution < 1.29 is 22.8 Å². The summed E-state index contributed by atoms with van der Waals surface area (Å²) in [6, 6.07) is 9.67. The molecule has 0 aromatic heterocycles. The van der Waals surface area contributed by atoms with Crippen molar-refractivity contribution >= 4 is 23.5 Å². The number of Topliss-reactive ketones (excluding diaryl/α,β-unsaturated/α-hetero) is 1. The number of carbonyl (C=O) groups is 1. The molecule has 0 radical (unpaired) electrons. The van der Waals surface area contributed by atoms with E-state index in [0.717, 1.165) is 12.0 Å². The number of carbonyl (C=O) groups excluding carboxylic acids is 1. The van der Waals surface area contributed by atoms with Crippen LogP contribution in [-0.2, 0) is 9.22 Å². The van der Waals surface area contributed by atoms with Crippen LogP contribution in [0, 0.1) is 11.6 Å². The summed E-state index contributed by atoms with van der Waals surface area (Å²) in [5.41, 5.74) is 0.548. The number of rotatable bonds is 7. The maximum absolute atomic E-state index is 13.9. The van der Waals surface area contributed by atoms with Crippen molar-refractivity contribution in [2.75, 3.05) is 19.0 Å². The number of ketones is 1. The fraction of sp³-hybridized carbons (Fsp3) is 0.133. The minimum atomic E-state index is -0.643. The van der Waals surface area contributed by atoms with E-state index in [4.69, 9.17) is 0 Å². The quantitative estimate of drug-likeness (QED) is 0.363. The van der Waals surface area contributed by atoms with Crippen molar-refractivity contribution in [3.8, 4) is 0 Å². The van der Waals surface area contributed by atoms with Gasteiger partial charge in [-0.05, 0) is 42.5 Å². The second-order valence-corrected chi connectivity index (χ2v) is 5.02. The second kappa shape index (κ2) is 7.88. The van der Waals surface area contributed by atoms with Crippen LogP contribution in [0.2, 0.25) is 0 Å². The largest absolute Gasteiger partial charge is 0.378 e. The average Bonchev–Trinajstić information content (AvgIpc) is 2.52. The molecule has 2 aromatic rings. The smallest absolute Gasteiger partial charge is 0.184 e. The number of hydrogen-bond donors (Lipinski definition) is 1. The first-order valence-electron chi connectivity index (χ1n) is 6.29. The predicted molar refractivity (Wildman–Crippen MR) is 79.6 cm³/mol. The average molecular weight is 325 g/mol. The van der Waals surface area contributed by atoms with Gasteiger partial charge in [0.15, 0.2) is 5.78 Å². The SMILES string of the molecule is COOSc1ccc(C(=O)CNc2ccc(F)cc2)c(F)c1. The van der Waals surface area contributed by atoms with Gasteiger partial charge in [0.05, 0.1) is 31.3 Å². The molecule has 7 heteroatoms. The molecular formula is C15H13F2NO3S. The van der Waals surface area contributed by atoms with Gasteiger partial charge in [-0.25, -0.2) is 13.7 Å². The standard InChI is InChI=1S/C15H13F2NO3S/c1-20-21-22-12-6-7-13(14(17)8-12)15(19)9-18-11-4-2-10(16)3-5-11/h2-8,18H,9H2,1H3. The summed E-state index contributed by atoms with van der Waals surface area (Å²) in [5.74, 6) is -1.42. The minimum Gasteiger partial charge on any atom is -0.378 e. The Morgan fingerprint density at radius 2 is 1.91 bits per heavy atom. The zero-order valence-corrected chi connectivity index (χ0v) is 12.5. The first-order valence-corrected chi connectivity index (χ1v) is 7.04. The highest BCUT2D eigenvalue weighted by Gasteiger charge is 2.12. The van der Waals surface area contributed by atoms with Crippen LogP contribution in [-0.4, -0.2) is 19.4 Å². The first-order chi connectivity index (χ1) is 10.6. The fourth-order valence-electron chi connectivity index (χ4n) is 1.69. The van der Waals surface area contributed by atoms with E-state index in [-0.39, 0.29) is 17.9 Å². The second-order valence-electron chi connectivity index (χ2n) is 4.24. The molecule has 0 fully saturated rings. The van der Waals surface area contributed by atoms with E-state index < -0.39 is 11.6 Å². The fourth-order valence-corrected chi connectivity index (χ4v) is 2.11. The Bertz CT molecular complexity index is 650. The van der Waals surface area contributed by atoms with E-state index in [2.05, 4.69) is 14.5 Å². The lowest BCUT2D eigenvalue weighted by atomic mass is 10.1. The first kappa shape index (κ1) is 16.4. The van der Waals surface area contributed by atoms with E-state index in [1.54, 1.807) is 6.07 Å². The predicted octanol–water partition coefficient (Wildman–Crippen LogP) is 3.84. The third kappa shape index (κ3) is 4.52. The molecule has 0 saturated heterocycles. The summed E-state index contributed by atoms with van der Waals surface area (Å²) in [7, 11) is 1.34. The number of hydrogen-bond acceptors (Lipinski definition) is 5. The van der Waals surface area contributed by atoms with Crippen LogP contribution in [0.1, 0.15) is 10.4 Å². The Balaban J connectivity index is 1.98. The summed E-state index contributed by atoms with van der Waals surface area (Å²) in [4.78, 5) is 16.9. The zero-order chi connectivity index (χ0) is 15.9. The number of anilines is 1. The van der Waals surface area contributed by atoms with E-state index >= 15 is 0 Å². The van der Waals surface area contributed by atoms with Crippen molar-refractivity contribution in [3.63, 3.8) is 0 Å². The monoisotopic (exact) mass is 325 g/mol. The van der Waals surface area contributed by atoms with Crippen molar-refractivity contribution in [3.05, 3.63) is 59.7 Å². The van der Waals surface area contributed by atoms with E-state index in [9.17, 15) is 13.6 Å². The van der Waals surface area contributed by atoms with Gasteiger partial charge < -0.3 is 5.32 Å². The summed E-state index contributed by atoms with van der Waals surface area (Å²) in [6.07, 6.45) is 0. The summed E-state index contributed by atoms with van der Waals surface area (Å²) < 4.78 is 31.3. The minimum absolute atomic E-state index is 0.0311. The molecule has 2 aromatic carbocycles. The van der Waals surface area contributed by atoms with Gasteiger partial charge in [-0.1, -0.05) is 0 Å².